The molecule has 1 aromatic heterocycles. The van der Waals surface area contributed by atoms with E-state index in [9.17, 15) is 0 Å². The number of likely N-dealkylation sites (N-methyl/N-ethyl adjacent to an activating group) is 1. The Labute approximate surface area is 151 Å². The van der Waals surface area contributed by atoms with Crippen molar-refractivity contribution in [2.24, 2.45) is 4.99 Å². The van der Waals surface area contributed by atoms with E-state index in [1.165, 1.54) is 5.56 Å². The Morgan fingerprint density at radius 3 is 2.44 bits per heavy atom. The summed E-state index contributed by atoms with van der Waals surface area (Å²) in [7, 11) is 1.81. The van der Waals surface area contributed by atoms with Crippen LogP contribution in [0.15, 0.2) is 47.7 Å². The molecule has 1 aromatic carbocycles. The minimum absolute atomic E-state index is 0.853. The van der Waals surface area contributed by atoms with Gasteiger partial charge in [-0.2, -0.15) is 5.10 Å². The topological polar surface area (TPSA) is 57.5 Å². The summed E-state index contributed by atoms with van der Waals surface area (Å²) in [6, 6.07) is 10.4. The van der Waals surface area contributed by atoms with Crippen LogP contribution in [0.4, 0.5) is 0 Å². The van der Waals surface area contributed by atoms with Crippen LogP contribution in [0.5, 0.6) is 0 Å². The molecule has 0 unspecified atom stereocenters. The molecule has 25 heavy (non-hydrogen) atoms. The average molecular weight is 342 g/mol. The zero-order chi connectivity index (χ0) is 17.9. The number of aliphatic imine (C=N–C) groups is 1. The number of hydrogen-bond donors (Lipinski definition) is 2. The van der Waals surface area contributed by atoms with Gasteiger partial charge in [0.1, 0.15) is 0 Å². The minimum Gasteiger partial charge on any atom is -0.356 e. The summed E-state index contributed by atoms with van der Waals surface area (Å²) in [5.41, 5.74) is 2.37. The van der Waals surface area contributed by atoms with Crippen LogP contribution < -0.4 is 10.6 Å². The molecule has 0 aliphatic carbocycles. The smallest absolute Gasteiger partial charge is 0.191 e. The van der Waals surface area contributed by atoms with Gasteiger partial charge in [-0.1, -0.05) is 26.0 Å². The van der Waals surface area contributed by atoms with Gasteiger partial charge < -0.3 is 15.5 Å². The maximum Gasteiger partial charge on any atom is 0.191 e. The molecule has 2 N–H and O–H groups in total. The average Bonchev–Trinajstić information content (AvgIpc) is 3.19. The van der Waals surface area contributed by atoms with Gasteiger partial charge in [0.25, 0.3) is 0 Å². The van der Waals surface area contributed by atoms with Gasteiger partial charge >= 0.3 is 0 Å². The summed E-state index contributed by atoms with van der Waals surface area (Å²) >= 11 is 0. The highest BCUT2D eigenvalue weighted by Crippen LogP contribution is 2.08. The summed E-state index contributed by atoms with van der Waals surface area (Å²) in [5.74, 6) is 0.861. The molecule has 2 aromatic rings. The van der Waals surface area contributed by atoms with E-state index in [2.05, 4.69) is 63.7 Å². The lowest BCUT2D eigenvalue weighted by molar-refractivity contribution is 0.308. The second kappa shape index (κ2) is 10.5. The van der Waals surface area contributed by atoms with Crippen molar-refractivity contribution < 1.29 is 0 Å². The van der Waals surface area contributed by atoms with Gasteiger partial charge in [0.2, 0.25) is 0 Å². The molecular weight excluding hydrogens is 312 g/mol. The van der Waals surface area contributed by atoms with E-state index in [0.29, 0.717) is 0 Å². The molecule has 0 fully saturated rings. The Morgan fingerprint density at radius 1 is 1.12 bits per heavy atom. The molecule has 0 radical (unpaired) electrons. The van der Waals surface area contributed by atoms with E-state index in [4.69, 9.17) is 0 Å². The van der Waals surface area contributed by atoms with Crippen LogP contribution in [0.2, 0.25) is 0 Å². The summed E-state index contributed by atoms with van der Waals surface area (Å²) in [6.07, 6.45) is 4.69. The Balaban J connectivity index is 1.71. The number of guanidine groups is 1. The van der Waals surface area contributed by atoms with Crippen molar-refractivity contribution in [3.05, 3.63) is 48.3 Å². The van der Waals surface area contributed by atoms with Gasteiger partial charge in [-0.15, -0.1) is 0 Å². The first-order chi connectivity index (χ1) is 12.3. The fraction of sp³-hybridized carbons (Fsp3) is 0.474. The summed E-state index contributed by atoms with van der Waals surface area (Å²) < 4.78 is 1.86. The molecule has 6 heteroatoms. The Kier molecular flexibility index (Phi) is 7.98. The van der Waals surface area contributed by atoms with Crippen molar-refractivity contribution >= 4 is 5.96 Å². The SMILES string of the molecule is CCN(CC)CCNC(=NC)NCCc1ccc(-n2cccn2)cc1. The highest BCUT2D eigenvalue weighted by molar-refractivity contribution is 5.79. The summed E-state index contributed by atoms with van der Waals surface area (Å²) in [6.45, 7) is 9.33. The molecule has 0 atom stereocenters. The van der Waals surface area contributed by atoms with Crippen molar-refractivity contribution in [2.75, 3.05) is 39.8 Å². The second-order valence-electron chi connectivity index (χ2n) is 5.82. The highest BCUT2D eigenvalue weighted by atomic mass is 15.3. The summed E-state index contributed by atoms with van der Waals surface area (Å²) in [5, 5.41) is 11.0. The van der Waals surface area contributed by atoms with Crippen LogP contribution in [0, 0.1) is 0 Å². The standard InChI is InChI=1S/C19H30N6/c1-4-24(5-2)16-14-22-19(20-3)21-13-11-17-7-9-18(10-8-17)25-15-6-12-23-25/h6-10,12,15H,4-5,11,13-14,16H2,1-3H3,(H2,20,21,22). The Morgan fingerprint density at radius 2 is 1.84 bits per heavy atom. The van der Waals surface area contributed by atoms with Gasteiger partial charge in [0.05, 0.1) is 5.69 Å². The van der Waals surface area contributed by atoms with Crippen LogP contribution in [-0.4, -0.2) is 60.4 Å². The second-order valence-corrected chi connectivity index (χ2v) is 5.82. The van der Waals surface area contributed by atoms with Crippen molar-refractivity contribution in [3.8, 4) is 5.69 Å². The molecule has 1 heterocycles. The Hall–Kier alpha value is -2.34. The zero-order valence-electron chi connectivity index (χ0n) is 15.6. The predicted octanol–water partition coefficient (Wildman–Crippen LogP) is 1.92. The maximum atomic E-state index is 4.28. The normalized spacial score (nSPS) is 11.8. The number of hydrogen-bond acceptors (Lipinski definition) is 3. The number of benzene rings is 1. The quantitative estimate of drug-likeness (QED) is 0.540. The van der Waals surface area contributed by atoms with Crippen molar-refractivity contribution in [3.63, 3.8) is 0 Å². The van der Waals surface area contributed by atoms with E-state index in [1.54, 1.807) is 6.20 Å². The van der Waals surface area contributed by atoms with Crippen LogP contribution in [0.25, 0.3) is 5.69 Å². The fourth-order valence-electron chi connectivity index (χ4n) is 2.66. The molecule has 2 rings (SSSR count). The van der Waals surface area contributed by atoms with Gasteiger partial charge in [0, 0.05) is 39.1 Å². The molecule has 0 aliphatic rings. The monoisotopic (exact) mass is 342 g/mol. The first-order valence-electron chi connectivity index (χ1n) is 9.02. The van der Waals surface area contributed by atoms with E-state index in [-0.39, 0.29) is 0 Å². The maximum absolute atomic E-state index is 4.28. The predicted molar refractivity (Wildman–Crippen MR) is 104 cm³/mol. The van der Waals surface area contributed by atoms with Crippen LogP contribution in [0.1, 0.15) is 19.4 Å². The third kappa shape index (κ3) is 6.23. The number of nitrogens with zero attached hydrogens (tertiary/aromatic N) is 4. The Bertz CT molecular complexity index is 614. The molecular formula is C19H30N6. The van der Waals surface area contributed by atoms with Crippen molar-refractivity contribution in [1.82, 2.24) is 25.3 Å². The number of aromatic nitrogens is 2. The molecule has 6 nitrogen and oxygen atoms in total. The van der Waals surface area contributed by atoms with Crippen molar-refractivity contribution in [2.45, 2.75) is 20.3 Å². The van der Waals surface area contributed by atoms with Gasteiger partial charge in [-0.3, -0.25) is 4.99 Å². The molecule has 0 amide bonds. The third-order valence-corrected chi connectivity index (χ3v) is 4.25. The molecule has 0 saturated carbocycles. The molecule has 136 valence electrons. The summed E-state index contributed by atoms with van der Waals surface area (Å²) in [4.78, 5) is 6.67. The van der Waals surface area contributed by atoms with Gasteiger partial charge in [0.15, 0.2) is 5.96 Å². The van der Waals surface area contributed by atoms with Crippen LogP contribution >= 0.6 is 0 Å². The molecule has 0 aliphatic heterocycles. The number of rotatable bonds is 9. The largest absolute Gasteiger partial charge is 0.356 e. The lowest BCUT2D eigenvalue weighted by Crippen LogP contribution is -2.42. The third-order valence-electron chi connectivity index (χ3n) is 4.25. The van der Waals surface area contributed by atoms with Crippen LogP contribution in [0.3, 0.4) is 0 Å². The van der Waals surface area contributed by atoms with Gasteiger partial charge in [-0.25, -0.2) is 4.68 Å². The first-order valence-corrected chi connectivity index (χ1v) is 9.02. The highest BCUT2D eigenvalue weighted by Gasteiger charge is 2.01. The first kappa shape index (κ1) is 19.0. The van der Waals surface area contributed by atoms with E-state index in [0.717, 1.165) is 50.8 Å². The molecule has 0 bridgehead atoms. The molecule has 0 saturated heterocycles. The van der Waals surface area contributed by atoms with E-state index >= 15 is 0 Å². The van der Waals surface area contributed by atoms with E-state index < -0.39 is 0 Å². The lowest BCUT2D eigenvalue weighted by Gasteiger charge is -2.19. The zero-order valence-corrected chi connectivity index (χ0v) is 15.6. The van der Waals surface area contributed by atoms with Gasteiger partial charge in [-0.05, 0) is 43.3 Å². The fourth-order valence-corrected chi connectivity index (χ4v) is 2.66. The molecule has 0 spiro atoms. The van der Waals surface area contributed by atoms with E-state index in [1.807, 2.05) is 24.0 Å². The lowest BCUT2D eigenvalue weighted by atomic mass is 10.1. The van der Waals surface area contributed by atoms with Crippen molar-refractivity contribution in [1.29, 1.82) is 0 Å². The van der Waals surface area contributed by atoms with Crippen LogP contribution in [-0.2, 0) is 6.42 Å². The minimum atomic E-state index is 0.853. The number of nitrogens with one attached hydrogen (secondary N) is 2.